The quantitative estimate of drug-likeness (QED) is 0.0440. The molecule has 0 spiro atoms. The zero-order valence-corrected chi connectivity index (χ0v) is 62.4. The monoisotopic (exact) mass is 1240 g/mol. The Bertz CT molecular complexity index is 1000. The van der Waals surface area contributed by atoms with Crippen LogP contribution in [0.2, 0.25) is 0 Å². The normalized spacial score (nSPS) is 11.8. The second kappa shape index (κ2) is 85.7. The van der Waals surface area contributed by atoms with Crippen molar-refractivity contribution >= 4 is 21.6 Å². The zero-order chi connectivity index (χ0) is 61.4. The van der Waals surface area contributed by atoms with Gasteiger partial charge in [-0.25, -0.2) is 0 Å². The highest BCUT2D eigenvalue weighted by molar-refractivity contribution is 8.76. The highest BCUT2D eigenvalue weighted by atomic mass is 33.1. The average molecular weight is 1240 g/mol. The Morgan fingerprint density at radius 2 is 0.163 bits per heavy atom. The molecule has 0 bridgehead atoms. The first-order valence-corrected chi connectivity index (χ1v) is 44.6. The van der Waals surface area contributed by atoms with Crippen LogP contribution >= 0.6 is 21.6 Å². The van der Waals surface area contributed by atoms with E-state index < -0.39 is 0 Å². The smallest absolute Gasteiger partial charge is 0.00369 e. The van der Waals surface area contributed by atoms with E-state index in [0.29, 0.717) is 0 Å². The van der Waals surface area contributed by atoms with Crippen molar-refractivity contribution in [1.82, 2.24) is 0 Å². The van der Waals surface area contributed by atoms with Gasteiger partial charge in [0.05, 0.1) is 0 Å². The fourth-order valence-corrected chi connectivity index (χ4v) is 16.3. The maximum Gasteiger partial charge on any atom is 0.00369 e. The summed E-state index contributed by atoms with van der Waals surface area (Å²) in [7, 11) is 4.33. The van der Waals surface area contributed by atoms with E-state index in [0.717, 1.165) is 0 Å². The Hall–Kier alpha value is 0.700. The molecule has 0 rings (SSSR count). The maximum absolute atomic E-state index is 2.32. The van der Waals surface area contributed by atoms with Gasteiger partial charge in [0.2, 0.25) is 0 Å². The van der Waals surface area contributed by atoms with Gasteiger partial charge in [0.1, 0.15) is 0 Å². The summed E-state index contributed by atoms with van der Waals surface area (Å²) in [6, 6.07) is 0. The Kier molecular flexibility index (Phi) is 86.4. The average Bonchev–Trinajstić information content (AvgIpc) is 3.52. The first-order chi connectivity index (χ1) is 42.9. The molecule has 0 aliphatic carbocycles. The summed E-state index contributed by atoms with van der Waals surface area (Å²) < 4.78 is 0. The highest BCUT2D eigenvalue weighted by Gasteiger charge is 2.02. The van der Waals surface area contributed by atoms with Gasteiger partial charge in [-0.1, -0.05) is 536 Å². The summed E-state index contributed by atoms with van der Waals surface area (Å²) in [6.07, 6.45) is 119. The van der Waals surface area contributed by atoms with Crippen molar-refractivity contribution in [3.05, 3.63) is 0 Å². The summed E-state index contributed by atoms with van der Waals surface area (Å²) in [5.41, 5.74) is 0. The van der Waals surface area contributed by atoms with E-state index in [9.17, 15) is 0 Å². The second-order valence-corrected chi connectivity index (χ2v) is 31.9. The van der Waals surface area contributed by atoms with Gasteiger partial charge in [-0.15, -0.1) is 0 Å². The number of hydrogen-bond acceptors (Lipinski definition) is 2. The van der Waals surface area contributed by atoms with E-state index >= 15 is 0 Å². The van der Waals surface area contributed by atoms with Gasteiger partial charge in [-0.2, -0.15) is 0 Å². The third-order valence-electron chi connectivity index (χ3n) is 20.2. The molecule has 0 atom stereocenters. The van der Waals surface area contributed by atoms with Crippen LogP contribution < -0.4 is 0 Å². The van der Waals surface area contributed by atoms with Gasteiger partial charge < -0.3 is 0 Å². The molecule has 86 heavy (non-hydrogen) atoms. The standard InChI is InChI=1S/C84H170S2/c1-3-5-7-9-11-13-15-17-19-21-23-25-27-29-31-33-35-37-39-41-43-45-47-49-51-53-55-57-59-61-63-65-67-69-71-73-75-77-79-81-83-85-86-84-82-80-78-76-74-72-70-68-66-64-62-60-58-56-54-52-50-48-46-44-42-40-38-36-34-32-30-28-26-24-22-20-18-16-14-12-10-8-6-4-2/h3-84H2,1-2H3. The molecule has 0 nitrogen and oxygen atoms in total. The van der Waals surface area contributed by atoms with Crippen LogP contribution in [0.3, 0.4) is 0 Å². The molecule has 0 fully saturated rings. The topological polar surface area (TPSA) is 0 Å². The van der Waals surface area contributed by atoms with Gasteiger partial charge in [0.25, 0.3) is 0 Å². The van der Waals surface area contributed by atoms with Crippen LogP contribution in [-0.4, -0.2) is 11.5 Å². The molecular formula is C84H170S2. The molecule has 0 aromatic heterocycles. The molecule has 0 unspecified atom stereocenters. The second-order valence-electron chi connectivity index (χ2n) is 29.2. The van der Waals surface area contributed by atoms with E-state index in [4.69, 9.17) is 0 Å². The summed E-state index contributed by atoms with van der Waals surface area (Å²) >= 11 is 0. The molecule has 0 saturated heterocycles. The van der Waals surface area contributed by atoms with Gasteiger partial charge >= 0.3 is 0 Å². The Morgan fingerprint density at radius 1 is 0.0930 bits per heavy atom. The van der Waals surface area contributed by atoms with Crippen LogP contribution in [0.15, 0.2) is 0 Å². The van der Waals surface area contributed by atoms with Gasteiger partial charge in [-0.3, -0.25) is 0 Å². The molecular weight excluding hydrogens is 1070 g/mol. The van der Waals surface area contributed by atoms with E-state index in [1.807, 2.05) is 0 Å². The van der Waals surface area contributed by atoms with Crippen molar-refractivity contribution in [2.24, 2.45) is 0 Å². The predicted molar refractivity (Wildman–Crippen MR) is 406 cm³/mol. The minimum atomic E-state index is 1.37. The van der Waals surface area contributed by atoms with E-state index in [2.05, 4.69) is 35.4 Å². The Balaban J connectivity index is 3.08. The van der Waals surface area contributed by atoms with Crippen molar-refractivity contribution in [1.29, 1.82) is 0 Å². The molecule has 0 amide bonds. The predicted octanol–water partition coefficient (Wildman–Crippen LogP) is 33.6. The fourth-order valence-electron chi connectivity index (χ4n) is 14.0. The largest absolute Gasteiger partial charge is 0.0942 e. The molecule has 0 saturated carbocycles. The van der Waals surface area contributed by atoms with Crippen LogP contribution in [0, 0.1) is 0 Å². The van der Waals surface area contributed by atoms with Gasteiger partial charge in [-0.05, 0) is 12.8 Å². The molecule has 0 heterocycles. The van der Waals surface area contributed by atoms with Crippen molar-refractivity contribution in [3.63, 3.8) is 0 Å². The molecule has 0 aliphatic rings. The van der Waals surface area contributed by atoms with Gasteiger partial charge in [0.15, 0.2) is 0 Å². The maximum atomic E-state index is 2.32. The van der Waals surface area contributed by atoms with Crippen LogP contribution in [0.4, 0.5) is 0 Å². The first-order valence-electron chi connectivity index (χ1n) is 42.2. The molecule has 518 valence electrons. The summed E-state index contributed by atoms with van der Waals surface area (Å²) in [5, 5.41) is 0. The Morgan fingerprint density at radius 3 is 0.244 bits per heavy atom. The lowest BCUT2D eigenvalue weighted by molar-refractivity contribution is 0.509. The molecule has 0 aromatic rings. The molecule has 2 heteroatoms. The SMILES string of the molecule is CCCCCCCCCCCCCCCCCCCCCCCCCCCCCCCCCCCCCCCCCCSSCCCCCCCCCCCCCCCCCCCCCCCCCCCCCCCCCCCCCCCCCC. The van der Waals surface area contributed by atoms with E-state index in [1.54, 1.807) is 0 Å². The van der Waals surface area contributed by atoms with Crippen molar-refractivity contribution in [2.75, 3.05) is 11.5 Å². The van der Waals surface area contributed by atoms with Crippen LogP contribution in [0.1, 0.15) is 528 Å². The fraction of sp³-hybridized carbons (Fsp3) is 1.00. The van der Waals surface area contributed by atoms with Crippen molar-refractivity contribution < 1.29 is 0 Å². The number of hydrogen-bond donors (Lipinski definition) is 0. The molecule has 0 radical (unpaired) electrons. The molecule has 0 N–H and O–H groups in total. The van der Waals surface area contributed by atoms with Gasteiger partial charge in [0, 0.05) is 11.5 Å². The lowest BCUT2D eigenvalue weighted by Gasteiger charge is -2.05. The minimum Gasteiger partial charge on any atom is -0.0942 e. The molecule has 0 aliphatic heterocycles. The van der Waals surface area contributed by atoms with Crippen LogP contribution in [0.5, 0.6) is 0 Å². The van der Waals surface area contributed by atoms with Crippen LogP contribution in [0.25, 0.3) is 0 Å². The third kappa shape index (κ3) is 84.7. The lowest BCUT2D eigenvalue weighted by atomic mass is 10.0. The van der Waals surface area contributed by atoms with E-state index in [1.165, 1.54) is 525 Å². The summed E-state index contributed by atoms with van der Waals surface area (Å²) in [5.74, 6) is 2.76. The lowest BCUT2D eigenvalue weighted by Crippen LogP contribution is -1.85. The van der Waals surface area contributed by atoms with Crippen molar-refractivity contribution in [3.8, 4) is 0 Å². The molecule has 0 aromatic carbocycles. The van der Waals surface area contributed by atoms with E-state index in [-0.39, 0.29) is 0 Å². The van der Waals surface area contributed by atoms with Crippen LogP contribution in [-0.2, 0) is 0 Å². The summed E-state index contributed by atoms with van der Waals surface area (Å²) in [6.45, 7) is 4.63. The highest BCUT2D eigenvalue weighted by Crippen LogP contribution is 2.26. The zero-order valence-electron chi connectivity index (χ0n) is 60.8. The Labute approximate surface area is 557 Å². The third-order valence-corrected chi connectivity index (χ3v) is 22.8. The summed E-state index contributed by atoms with van der Waals surface area (Å²) in [4.78, 5) is 0. The number of unbranched alkanes of at least 4 members (excludes halogenated alkanes) is 78. The number of rotatable bonds is 83. The van der Waals surface area contributed by atoms with Crippen molar-refractivity contribution in [2.45, 2.75) is 528 Å². The first kappa shape index (κ1) is 86.7. The minimum absolute atomic E-state index is 1.37.